The number of nitrogens with zero attached hydrogens (tertiary/aromatic N) is 1. The lowest BCUT2D eigenvalue weighted by atomic mass is 10.4. The zero-order valence-corrected chi connectivity index (χ0v) is 13.6. The molecule has 1 N–H and O–H groups in total. The first kappa shape index (κ1) is 18.4. The molecule has 7 heteroatoms. The summed E-state index contributed by atoms with van der Waals surface area (Å²) in [5, 5.41) is 2.72. The van der Waals surface area contributed by atoms with Crippen LogP contribution in [0.3, 0.4) is 0 Å². The third-order valence-corrected chi connectivity index (χ3v) is 3.83. The lowest BCUT2D eigenvalue weighted by Gasteiger charge is -2.16. The lowest BCUT2D eigenvalue weighted by Crippen LogP contribution is -2.39. The molecule has 122 valence electrons. The van der Waals surface area contributed by atoms with Gasteiger partial charge in [-0.2, -0.15) is 0 Å². The number of rotatable bonds is 9. The second-order valence-electron chi connectivity index (χ2n) is 4.69. The fraction of sp³-hybridized carbons (Fsp3) is 0.467. The zero-order valence-electron chi connectivity index (χ0n) is 12.8. The standard InChI is InChI=1S/C15H21FN2O3S/c1-18(10-14(19)17-8-3-9-21-2)15(20)11-22-13-6-4-12(16)5-7-13/h4-7H,3,8-11H2,1-2H3,(H,17,19). The first-order chi connectivity index (χ1) is 10.5. The quantitative estimate of drug-likeness (QED) is 0.552. The first-order valence-electron chi connectivity index (χ1n) is 6.91. The number of nitrogens with one attached hydrogen (secondary N) is 1. The number of likely N-dealkylation sites (N-methyl/N-ethyl adjacent to an activating group) is 1. The molecule has 1 aromatic carbocycles. The number of carbonyl (C=O) groups is 2. The minimum Gasteiger partial charge on any atom is -0.385 e. The summed E-state index contributed by atoms with van der Waals surface area (Å²) < 4.78 is 17.7. The topological polar surface area (TPSA) is 58.6 Å². The van der Waals surface area contributed by atoms with Gasteiger partial charge in [0.05, 0.1) is 12.3 Å². The van der Waals surface area contributed by atoms with E-state index in [1.165, 1.54) is 28.8 Å². The normalized spacial score (nSPS) is 10.3. The number of ether oxygens (including phenoxy) is 1. The van der Waals surface area contributed by atoms with E-state index in [-0.39, 0.29) is 29.9 Å². The predicted octanol–water partition coefficient (Wildman–Crippen LogP) is 1.53. The molecule has 0 radical (unpaired) electrons. The Labute approximate surface area is 134 Å². The van der Waals surface area contributed by atoms with Crippen LogP contribution in [0.1, 0.15) is 6.42 Å². The average molecular weight is 328 g/mol. The van der Waals surface area contributed by atoms with E-state index in [0.29, 0.717) is 13.2 Å². The van der Waals surface area contributed by atoms with Gasteiger partial charge in [-0.1, -0.05) is 0 Å². The number of amides is 2. The zero-order chi connectivity index (χ0) is 16.4. The van der Waals surface area contributed by atoms with Crippen LogP contribution >= 0.6 is 11.8 Å². The summed E-state index contributed by atoms with van der Waals surface area (Å²) in [5.41, 5.74) is 0. The molecular weight excluding hydrogens is 307 g/mol. The number of hydrogen-bond donors (Lipinski definition) is 1. The molecule has 5 nitrogen and oxygen atoms in total. The van der Waals surface area contributed by atoms with E-state index in [0.717, 1.165) is 11.3 Å². The van der Waals surface area contributed by atoms with Crippen molar-refractivity contribution in [2.24, 2.45) is 0 Å². The third kappa shape index (κ3) is 7.42. The summed E-state index contributed by atoms with van der Waals surface area (Å²) in [7, 11) is 3.19. The van der Waals surface area contributed by atoms with E-state index in [1.54, 1.807) is 26.3 Å². The van der Waals surface area contributed by atoms with Crippen molar-refractivity contribution in [2.75, 3.05) is 39.6 Å². The highest BCUT2D eigenvalue weighted by atomic mass is 32.2. The van der Waals surface area contributed by atoms with Gasteiger partial charge in [0.1, 0.15) is 5.82 Å². The molecule has 0 aliphatic heterocycles. The molecule has 0 bridgehead atoms. The van der Waals surface area contributed by atoms with Crippen LogP contribution in [-0.4, -0.2) is 56.3 Å². The van der Waals surface area contributed by atoms with Crippen LogP contribution in [0.25, 0.3) is 0 Å². The van der Waals surface area contributed by atoms with E-state index in [2.05, 4.69) is 5.32 Å². The Balaban J connectivity index is 2.26. The highest BCUT2D eigenvalue weighted by Crippen LogP contribution is 2.18. The summed E-state index contributed by atoms with van der Waals surface area (Å²) in [6.45, 7) is 1.14. The second-order valence-corrected chi connectivity index (χ2v) is 5.74. The molecule has 0 heterocycles. The Kier molecular flexibility index (Phi) is 8.54. The van der Waals surface area contributed by atoms with Crippen molar-refractivity contribution >= 4 is 23.6 Å². The van der Waals surface area contributed by atoms with Gasteiger partial charge in [-0.3, -0.25) is 9.59 Å². The van der Waals surface area contributed by atoms with Gasteiger partial charge >= 0.3 is 0 Å². The Morgan fingerprint density at radius 1 is 1.32 bits per heavy atom. The fourth-order valence-electron chi connectivity index (χ4n) is 1.59. The van der Waals surface area contributed by atoms with Gasteiger partial charge in [0.25, 0.3) is 0 Å². The van der Waals surface area contributed by atoms with E-state index in [4.69, 9.17) is 4.74 Å². The molecule has 2 amide bonds. The van der Waals surface area contributed by atoms with Gasteiger partial charge in [0, 0.05) is 32.2 Å². The smallest absolute Gasteiger partial charge is 0.239 e. The largest absolute Gasteiger partial charge is 0.385 e. The van der Waals surface area contributed by atoms with E-state index in [9.17, 15) is 14.0 Å². The van der Waals surface area contributed by atoms with Gasteiger partial charge in [-0.05, 0) is 30.7 Å². The minimum absolute atomic E-state index is 0.0236. The second kappa shape index (κ2) is 10.2. The van der Waals surface area contributed by atoms with Crippen LogP contribution in [-0.2, 0) is 14.3 Å². The van der Waals surface area contributed by atoms with Gasteiger partial charge in [-0.15, -0.1) is 11.8 Å². The monoisotopic (exact) mass is 328 g/mol. The summed E-state index contributed by atoms with van der Waals surface area (Å²) in [6, 6.07) is 5.94. The van der Waals surface area contributed by atoms with Crippen molar-refractivity contribution in [3.8, 4) is 0 Å². The molecule has 0 unspecified atom stereocenters. The van der Waals surface area contributed by atoms with Crippen LogP contribution in [0.15, 0.2) is 29.2 Å². The fourth-order valence-corrected chi connectivity index (χ4v) is 2.43. The highest BCUT2D eigenvalue weighted by Gasteiger charge is 2.13. The molecule has 0 saturated carbocycles. The highest BCUT2D eigenvalue weighted by molar-refractivity contribution is 8.00. The van der Waals surface area contributed by atoms with Crippen LogP contribution < -0.4 is 5.32 Å². The molecule has 0 aliphatic rings. The lowest BCUT2D eigenvalue weighted by molar-refractivity contribution is -0.132. The van der Waals surface area contributed by atoms with Crippen LogP contribution in [0, 0.1) is 5.82 Å². The molecule has 0 atom stereocenters. The van der Waals surface area contributed by atoms with E-state index < -0.39 is 0 Å². The number of methoxy groups -OCH3 is 1. The maximum atomic E-state index is 12.8. The Hall–Kier alpha value is -1.60. The van der Waals surface area contributed by atoms with Crippen LogP contribution in [0.4, 0.5) is 4.39 Å². The van der Waals surface area contributed by atoms with Gasteiger partial charge in [0.15, 0.2) is 0 Å². The number of thioether (sulfide) groups is 1. The van der Waals surface area contributed by atoms with Crippen molar-refractivity contribution in [1.29, 1.82) is 0 Å². The molecule has 0 aliphatic carbocycles. The summed E-state index contributed by atoms with van der Waals surface area (Å²) in [5.74, 6) is -0.447. The minimum atomic E-state index is -0.307. The number of halogens is 1. The Bertz CT molecular complexity index is 482. The van der Waals surface area contributed by atoms with Crippen molar-refractivity contribution in [3.63, 3.8) is 0 Å². The first-order valence-corrected chi connectivity index (χ1v) is 7.89. The molecular formula is C15H21FN2O3S. The van der Waals surface area contributed by atoms with Crippen molar-refractivity contribution in [3.05, 3.63) is 30.1 Å². The van der Waals surface area contributed by atoms with Crippen molar-refractivity contribution in [1.82, 2.24) is 10.2 Å². The van der Waals surface area contributed by atoms with Crippen LogP contribution in [0.5, 0.6) is 0 Å². The van der Waals surface area contributed by atoms with E-state index in [1.807, 2.05) is 0 Å². The van der Waals surface area contributed by atoms with Crippen molar-refractivity contribution < 1.29 is 18.7 Å². The van der Waals surface area contributed by atoms with Gasteiger partial charge in [0.2, 0.25) is 11.8 Å². The maximum absolute atomic E-state index is 12.8. The third-order valence-electron chi connectivity index (χ3n) is 2.83. The molecule has 0 aromatic heterocycles. The maximum Gasteiger partial charge on any atom is 0.239 e. The van der Waals surface area contributed by atoms with E-state index >= 15 is 0 Å². The SMILES string of the molecule is COCCCNC(=O)CN(C)C(=O)CSc1ccc(F)cc1. The number of benzene rings is 1. The Morgan fingerprint density at radius 3 is 2.64 bits per heavy atom. The molecule has 1 aromatic rings. The van der Waals surface area contributed by atoms with Crippen LogP contribution in [0.2, 0.25) is 0 Å². The number of carbonyl (C=O) groups excluding carboxylic acids is 2. The Morgan fingerprint density at radius 2 is 2.00 bits per heavy atom. The molecule has 0 saturated heterocycles. The summed E-state index contributed by atoms with van der Waals surface area (Å²) in [4.78, 5) is 25.8. The molecule has 1 rings (SSSR count). The predicted molar refractivity (Wildman–Crippen MR) is 84.3 cm³/mol. The van der Waals surface area contributed by atoms with Gasteiger partial charge in [-0.25, -0.2) is 4.39 Å². The summed E-state index contributed by atoms with van der Waals surface area (Å²) >= 11 is 1.31. The molecule has 0 fully saturated rings. The summed E-state index contributed by atoms with van der Waals surface area (Å²) in [6.07, 6.45) is 0.736. The number of hydrogen-bond acceptors (Lipinski definition) is 4. The average Bonchev–Trinajstić information content (AvgIpc) is 2.50. The van der Waals surface area contributed by atoms with Gasteiger partial charge < -0.3 is 15.0 Å². The molecule has 22 heavy (non-hydrogen) atoms. The molecule has 0 spiro atoms. The van der Waals surface area contributed by atoms with Crippen molar-refractivity contribution in [2.45, 2.75) is 11.3 Å².